The average Bonchev–Trinajstić information content (AvgIpc) is 2.53. The largest absolute Gasteiger partial charge is 0.366 e. The molecule has 1 amide bonds. The molecule has 2 aliphatic rings. The van der Waals surface area contributed by atoms with Crippen LogP contribution in [0.1, 0.15) is 25.8 Å². The Hall–Kier alpha value is -1.16. The van der Waals surface area contributed by atoms with Crippen LogP contribution in [-0.4, -0.2) is 36.5 Å². The molecule has 2 heterocycles. The summed E-state index contributed by atoms with van der Waals surface area (Å²) in [5, 5.41) is 3.17. The number of hydrogen-bond donors (Lipinski definition) is 1. The Kier molecular flexibility index (Phi) is 4.97. The Balaban J connectivity index is 1.75. The zero-order chi connectivity index (χ0) is 15.5. The second-order valence-corrected chi connectivity index (χ2v) is 7.90. The van der Waals surface area contributed by atoms with Gasteiger partial charge in [-0.05, 0) is 30.4 Å². The van der Waals surface area contributed by atoms with E-state index in [1.807, 2.05) is 11.8 Å². The molecule has 0 bridgehead atoms. The van der Waals surface area contributed by atoms with Gasteiger partial charge in [0, 0.05) is 36.3 Å². The molecule has 0 aromatic heterocycles. The lowest BCUT2D eigenvalue weighted by atomic mass is 9.85. The second-order valence-electron chi connectivity index (χ2n) is 6.75. The third-order valence-electron chi connectivity index (χ3n) is 4.73. The van der Waals surface area contributed by atoms with Crippen LogP contribution in [0.25, 0.3) is 0 Å². The van der Waals surface area contributed by atoms with Gasteiger partial charge in [0.05, 0.1) is 5.92 Å². The van der Waals surface area contributed by atoms with Crippen molar-refractivity contribution in [3.8, 4) is 0 Å². The minimum atomic E-state index is 0.0925. The van der Waals surface area contributed by atoms with Crippen LogP contribution in [0.2, 0.25) is 0 Å². The smallest absolute Gasteiger partial charge is 0.225 e. The van der Waals surface area contributed by atoms with Gasteiger partial charge in [-0.1, -0.05) is 32.0 Å². The van der Waals surface area contributed by atoms with E-state index in [9.17, 15) is 4.79 Å². The van der Waals surface area contributed by atoms with Gasteiger partial charge in [0.1, 0.15) is 0 Å². The van der Waals surface area contributed by atoms with Crippen molar-refractivity contribution >= 4 is 23.4 Å². The third-order valence-corrected chi connectivity index (χ3v) is 5.78. The number of amides is 1. The van der Waals surface area contributed by atoms with Crippen LogP contribution in [0.5, 0.6) is 0 Å². The monoisotopic (exact) mass is 318 g/mol. The zero-order valence-corrected chi connectivity index (χ0v) is 14.4. The quantitative estimate of drug-likeness (QED) is 0.926. The molecule has 0 spiro atoms. The Morgan fingerprint density at radius 2 is 2.23 bits per heavy atom. The van der Waals surface area contributed by atoms with E-state index < -0.39 is 0 Å². The Morgan fingerprint density at radius 3 is 3.05 bits per heavy atom. The number of thioether (sulfide) groups is 1. The number of para-hydroxylation sites is 1. The van der Waals surface area contributed by atoms with Crippen molar-refractivity contribution in [1.82, 2.24) is 5.32 Å². The maximum absolute atomic E-state index is 12.7. The van der Waals surface area contributed by atoms with Gasteiger partial charge in [-0.15, -0.1) is 0 Å². The van der Waals surface area contributed by atoms with Crippen molar-refractivity contribution in [2.45, 2.75) is 32.7 Å². The molecular weight excluding hydrogens is 292 g/mol. The van der Waals surface area contributed by atoms with E-state index in [4.69, 9.17) is 0 Å². The van der Waals surface area contributed by atoms with Gasteiger partial charge in [0.15, 0.2) is 0 Å². The lowest BCUT2D eigenvalue weighted by Crippen LogP contribution is -2.55. The Morgan fingerprint density at radius 1 is 1.41 bits per heavy atom. The maximum atomic E-state index is 12.7. The second kappa shape index (κ2) is 6.95. The molecule has 1 aromatic carbocycles. The molecule has 1 fully saturated rings. The molecule has 2 atom stereocenters. The number of nitrogens with one attached hydrogen (secondary N) is 1. The fourth-order valence-corrected chi connectivity index (χ4v) is 4.62. The van der Waals surface area contributed by atoms with Crippen LogP contribution in [-0.2, 0) is 11.2 Å². The van der Waals surface area contributed by atoms with Crippen LogP contribution in [0.3, 0.4) is 0 Å². The summed E-state index contributed by atoms with van der Waals surface area (Å²) in [6.07, 6.45) is 1.93. The first-order chi connectivity index (χ1) is 10.7. The number of fused-ring (bicyclic) bond motifs is 3. The third kappa shape index (κ3) is 3.27. The summed E-state index contributed by atoms with van der Waals surface area (Å²) in [4.78, 5) is 15.2. The minimum Gasteiger partial charge on any atom is -0.366 e. The Bertz CT molecular complexity index is 532. The molecule has 0 saturated carbocycles. The summed E-state index contributed by atoms with van der Waals surface area (Å²) in [7, 11) is 0. The highest BCUT2D eigenvalue weighted by Crippen LogP contribution is 2.37. The van der Waals surface area contributed by atoms with Crippen LogP contribution < -0.4 is 10.2 Å². The first-order valence-corrected chi connectivity index (χ1v) is 9.52. The standard InChI is InChI=1S/C18H26N2OS/c1-13(2)7-8-19-18(21)15-11-14-5-3-4-6-16(14)20-9-10-22-12-17(15)20/h3-6,13,15,17H,7-12H2,1-2H3,(H,19,21). The van der Waals surface area contributed by atoms with Crippen LogP contribution >= 0.6 is 11.8 Å². The van der Waals surface area contributed by atoms with E-state index >= 15 is 0 Å². The van der Waals surface area contributed by atoms with Gasteiger partial charge < -0.3 is 10.2 Å². The molecule has 22 heavy (non-hydrogen) atoms. The van der Waals surface area contributed by atoms with Gasteiger partial charge in [0.25, 0.3) is 0 Å². The topological polar surface area (TPSA) is 32.3 Å². The Labute approximate surface area is 137 Å². The van der Waals surface area contributed by atoms with Gasteiger partial charge in [-0.25, -0.2) is 0 Å². The molecule has 2 aliphatic heterocycles. The number of anilines is 1. The fourth-order valence-electron chi connectivity index (χ4n) is 3.47. The molecule has 1 N–H and O–H groups in total. The van der Waals surface area contributed by atoms with E-state index in [0.29, 0.717) is 12.0 Å². The van der Waals surface area contributed by atoms with Crippen molar-refractivity contribution < 1.29 is 4.79 Å². The van der Waals surface area contributed by atoms with Crippen LogP contribution in [0, 0.1) is 11.8 Å². The number of hydrogen-bond acceptors (Lipinski definition) is 3. The molecule has 0 radical (unpaired) electrons. The van der Waals surface area contributed by atoms with E-state index in [2.05, 4.69) is 48.3 Å². The predicted molar refractivity (Wildman–Crippen MR) is 94.6 cm³/mol. The lowest BCUT2D eigenvalue weighted by molar-refractivity contribution is -0.125. The normalized spacial score (nSPS) is 23.9. The molecular formula is C18H26N2OS. The highest BCUT2D eigenvalue weighted by Gasteiger charge is 2.39. The van der Waals surface area contributed by atoms with Crippen molar-refractivity contribution in [1.29, 1.82) is 0 Å². The van der Waals surface area contributed by atoms with Crippen molar-refractivity contribution in [3.05, 3.63) is 29.8 Å². The number of rotatable bonds is 4. The summed E-state index contributed by atoms with van der Waals surface area (Å²) < 4.78 is 0. The number of carbonyl (C=O) groups is 1. The minimum absolute atomic E-state index is 0.0925. The molecule has 4 heteroatoms. The van der Waals surface area contributed by atoms with Crippen LogP contribution in [0.15, 0.2) is 24.3 Å². The SMILES string of the molecule is CC(C)CCNC(=O)C1Cc2ccccc2N2CCSCC12. The average molecular weight is 318 g/mol. The van der Waals surface area contributed by atoms with Gasteiger partial charge in [-0.2, -0.15) is 11.8 Å². The summed E-state index contributed by atoms with van der Waals surface area (Å²) in [5.74, 6) is 3.19. The van der Waals surface area contributed by atoms with E-state index in [0.717, 1.165) is 37.4 Å². The lowest BCUT2D eigenvalue weighted by Gasteiger charge is -2.45. The molecule has 1 aromatic rings. The molecule has 3 rings (SSSR count). The predicted octanol–water partition coefficient (Wildman–Crippen LogP) is 2.94. The molecule has 3 nitrogen and oxygen atoms in total. The molecule has 120 valence electrons. The number of carbonyl (C=O) groups excluding carboxylic acids is 1. The summed E-state index contributed by atoms with van der Waals surface area (Å²) in [5.41, 5.74) is 2.67. The number of benzene rings is 1. The van der Waals surface area contributed by atoms with Gasteiger partial charge >= 0.3 is 0 Å². The summed E-state index contributed by atoms with van der Waals surface area (Å²) >= 11 is 1.98. The molecule has 0 aliphatic carbocycles. The molecule has 1 saturated heterocycles. The van der Waals surface area contributed by atoms with E-state index in [-0.39, 0.29) is 11.8 Å². The van der Waals surface area contributed by atoms with Gasteiger partial charge in [-0.3, -0.25) is 4.79 Å². The molecule has 2 unspecified atom stereocenters. The number of nitrogens with zero attached hydrogens (tertiary/aromatic N) is 1. The van der Waals surface area contributed by atoms with Crippen molar-refractivity contribution in [3.63, 3.8) is 0 Å². The maximum Gasteiger partial charge on any atom is 0.225 e. The highest BCUT2D eigenvalue weighted by molar-refractivity contribution is 7.99. The van der Waals surface area contributed by atoms with Crippen molar-refractivity contribution in [2.75, 3.05) is 29.5 Å². The van der Waals surface area contributed by atoms with Crippen LogP contribution in [0.4, 0.5) is 5.69 Å². The highest BCUT2D eigenvalue weighted by atomic mass is 32.2. The zero-order valence-electron chi connectivity index (χ0n) is 13.5. The van der Waals surface area contributed by atoms with E-state index in [1.165, 1.54) is 11.3 Å². The van der Waals surface area contributed by atoms with Crippen molar-refractivity contribution in [2.24, 2.45) is 11.8 Å². The first kappa shape index (κ1) is 15.7. The summed E-state index contributed by atoms with van der Waals surface area (Å²) in [6.45, 7) is 6.25. The summed E-state index contributed by atoms with van der Waals surface area (Å²) in [6, 6.07) is 8.95. The fraction of sp³-hybridized carbons (Fsp3) is 0.611. The first-order valence-electron chi connectivity index (χ1n) is 8.37. The van der Waals surface area contributed by atoms with E-state index in [1.54, 1.807) is 0 Å². The van der Waals surface area contributed by atoms with Gasteiger partial charge in [0.2, 0.25) is 5.91 Å².